The number of nitrogens with zero attached hydrogens (tertiary/aromatic N) is 2. The van der Waals surface area contributed by atoms with Crippen LogP contribution in [0.4, 0.5) is 4.79 Å². The number of nitrogens with one attached hydrogen (secondary N) is 2. The first-order valence-electron chi connectivity index (χ1n) is 10.3. The van der Waals surface area contributed by atoms with Gasteiger partial charge in [-0.2, -0.15) is 0 Å². The van der Waals surface area contributed by atoms with Gasteiger partial charge in [0.05, 0.1) is 5.69 Å². The molecule has 0 bridgehead atoms. The van der Waals surface area contributed by atoms with Gasteiger partial charge in [0.2, 0.25) is 0 Å². The summed E-state index contributed by atoms with van der Waals surface area (Å²) in [6.45, 7) is 7.92. The van der Waals surface area contributed by atoms with E-state index in [9.17, 15) is 9.59 Å². The number of urea groups is 1. The van der Waals surface area contributed by atoms with Crippen LogP contribution in [0.5, 0.6) is 0 Å². The van der Waals surface area contributed by atoms with Gasteiger partial charge in [-0.3, -0.25) is 4.79 Å². The lowest BCUT2D eigenvalue weighted by molar-refractivity contribution is 0.100. The Morgan fingerprint density at radius 2 is 2.04 bits per heavy atom. The number of aromatic amines is 1. The van der Waals surface area contributed by atoms with Gasteiger partial charge >= 0.3 is 6.03 Å². The summed E-state index contributed by atoms with van der Waals surface area (Å²) in [6.07, 6.45) is 1.81. The quantitative estimate of drug-likeness (QED) is 0.799. The standard InChI is InChI=1S/C22H30N4O2/c1-5-26(6-2)22(28)23-14-10-16-15-8-7-9-18-20(15)17(21(24-18)13(3)27)11-19(16)25(4)12-14/h7-9,14,16,19,24H,5-6,10-12H2,1-4H3,(H,23,28)/t14-,16?,19+/m0/s1. The van der Waals surface area contributed by atoms with Crippen molar-refractivity contribution in [2.24, 2.45) is 0 Å². The summed E-state index contributed by atoms with van der Waals surface area (Å²) >= 11 is 0. The molecule has 6 nitrogen and oxygen atoms in total. The summed E-state index contributed by atoms with van der Waals surface area (Å²) < 4.78 is 0. The molecule has 2 aromatic rings. The molecule has 0 spiro atoms. The number of hydrogen-bond donors (Lipinski definition) is 2. The van der Waals surface area contributed by atoms with Crippen LogP contribution < -0.4 is 5.32 Å². The molecule has 2 aliphatic rings. The van der Waals surface area contributed by atoms with Crippen molar-refractivity contribution in [3.63, 3.8) is 0 Å². The van der Waals surface area contributed by atoms with E-state index < -0.39 is 0 Å². The summed E-state index contributed by atoms with van der Waals surface area (Å²) in [6, 6.07) is 6.83. The second-order valence-electron chi connectivity index (χ2n) is 8.18. The molecule has 2 amide bonds. The van der Waals surface area contributed by atoms with E-state index in [-0.39, 0.29) is 17.9 Å². The molecule has 1 aliphatic carbocycles. The number of Topliss-reactive ketones (excluding diaryl/α,β-unsaturated/α-hetero) is 1. The number of fused-ring (bicyclic) bond motifs is 2. The third-order valence-corrected chi connectivity index (χ3v) is 6.58. The number of piperidine rings is 1. The molecule has 2 heterocycles. The van der Waals surface area contributed by atoms with Gasteiger partial charge in [0.1, 0.15) is 0 Å². The van der Waals surface area contributed by atoms with Crippen LogP contribution in [0.25, 0.3) is 10.9 Å². The molecule has 0 saturated carbocycles. The van der Waals surface area contributed by atoms with E-state index in [1.807, 2.05) is 18.7 Å². The number of aromatic nitrogens is 1. The van der Waals surface area contributed by atoms with Crippen LogP contribution in [0.1, 0.15) is 54.7 Å². The minimum Gasteiger partial charge on any atom is -0.352 e. The van der Waals surface area contributed by atoms with Gasteiger partial charge in [0.25, 0.3) is 0 Å². The lowest BCUT2D eigenvalue weighted by atomic mass is 9.73. The largest absolute Gasteiger partial charge is 0.352 e. The summed E-state index contributed by atoms with van der Waals surface area (Å²) in [5.41, 5.74) is 4.28. The minimum absolute atomic E-state index is 0.0251. The van der Waals surface area contributed by atoms with Crippen molar-refractivity contribution < 1.29 is 9.59 Å². The maximum atomic E-state index is 12.6. The number of rotatable bonds is 4. The number of amides is 2. The molecule has 3 atom stereocenters. The minimum atomic E-state index is 0.0251. The second-order valence-corrected chi connectivity index (χ2v) is 8.18. The first-order valence-corrected chi connectivity index (χ1v) is 10.3. The Bertz CT molecular complexity index is 915. The van der Waals surface area contributed by atoms with E-state index >= 15 is 0 Å². The molecule has 150 valence electrons. The zero-order chi connectivity index (χ0) is 20.0. The molecule has 28 heavy (non-hydrogen) atoms. The van der Waals surface area contributed by atoms with Gasteiger partial charge in [-0.05, 0) is 50.9 Å². The van der Waals surface area contributed by atoms with Crippen LogP contribution in [0.3, 0.4) is 0 Å². The molecule has 1 unspecified atom stereocenters. The Morgan fingerprint density at radius 1 is 1.29 bits per heavy atom. The number of carbonyl (C=O) groups excluding carboxylic acids is 2. The highest BCUT2D eigenvalue weighted by molar-refractivity contribution is 6.02. The first kappa shape index (κ1) is 19.0. The van der Waals surface area contributed by atoms with Crippen molar-refractivity contribution in [2.75, 3.05) is 26.7 Å². The fraction of sp³-hybridized carbons (Fsp3) is 0.545. The Balaban J connectivity index is 1.67. The highest BCUT2D eigenvalue weighted by atomic mass is 16.2. The number of hydrogen-bond acceptors (Lipinski definition) is 3. The Labute approximate surface area is 166 Å². The molecular formula is C22H30N4O2. The molecular weight excluding hydrogens is 352 g/mol. The van der Waals surface area contributed by atoms with E-state index in [2.05, 4.69) is 40.4 Å². The molecule has 1 aromatic carbocycles. The maximum Gasteiger partial charge on any atom is 0.317 e. The lowest BCUT2D eigenvalue weighted by Crippen LogP contribution is -2.56. The highest BCUT2D eigenvalue weighted by Crippen LogP contribution is 2.44. The molecule has 6 heteroatoms. The van der Waals surface area contributed by atoms with Gasteiger partial charge < -0.3 is 20.1 Å². The smallest absolute Gasteiger partial charge is 0.317 e. The molecule has 4 rings (SSSR count). The molecule has 0 radical (unpaired) electrons. The van der Waals surface area contributed by atoms with E-state index in [1.165, 1.54) is 10.9 Å². The Morgan fingerprint density at radius 3 is 2.71 bits per heavy atom. The van der Waals surface area contributed by atoms with E-state index in [0.717, 1.165) is 49.2 Å². The van der Waals surface area contributed by atoms with Crippen LogP contribution in [-0.4, -0.2) is 65.4 Å². The van der Waals surface area contributed by atoms with Crippen LogP contribution in [0.2, 0.25) is 0 Å². The van der Waals surface area contributed by atoms with Crippen molar-refractivity contribution in [3.05, 3.63) is 35.0 Å². The average molecular weight is 383 g/mol. The fourth-order valence-corrected chi connectivity index (χ4v) is 5.21. The Hall–Kier alpha value is -2.34. The number of H-pyrrole nitrogens is 1. The van der Waals surface area contributed by atoms with Crippen LogP contribution >= 0.6 is 0 Å². The zero-order valence-electron chi connectivity index (χ0n) is 17.2. The van der Waals surface area contributed by atoms with Crippen molar-refractivity contribution in [1.29, 1.82) is 0 Å². The average Bonchev–Trinajstić information content (AvgIpc) is 3.04. The predicted octanol–water partition coefficient (Wildman–Crippen LogP) is 3.13. The van der Waals surface area contributed by atoms with Gasteiger partial charge in [-0.15, -0.1) is 0 Å². The topological polar surface area (TPSA) is 68.4 Å². The van der Waals surface area contributed by atoms with Gasteiger partial charge in [0, 0.05) is 55.5 Å². The van der Waals surface area contributed by atoms with E-state index in [4.69, 9.17) is 0 Å². The zero-order valence-corrected chi connectivity index (χ0v) is 17.2. The number of likely N-dealkylation sites (tertiary alicyclic amines) is 1. The third kappa shape index (κ3) is 3.00. The number of likely N-dealkylation sites (N-methyl/N-ethyl adjacent to an activating group) is 1. The summed E-state index contributed by atoms with van der Waals surface area (Å²) in [5, 5.41) is 4.47. The molecule has 2 N–H and O–H groups in total. The fourth-order valence-electron chi connectivity index (χ4n) is 5.21. The van der Waals surface area contributed by atoms with Crippen LogP contribution in [0.15, 0.2) is 18.2 Å². The van der Waals surface area contributed by atoms with Crippen LogP contribution in [-0.2, 0) is 6.42 Å². The molecule has 1 aromatic heterocycles. The maximum absolute atomic E-state index is 12.6. The molecule has 1 fully saturated rings. The summed E-state index contributed by atoms with van der Waals surface area (Å²) in [5.74, 6) is 0.450. The third-order valence-electron chi connectivity index (χ3n) is 6.58. The molecule has 1 saturated heterocycles. The van der Waals surface area contributed by atoms with Crippen molar-refractivity contribution >= 4 is 22.7 Å². The van der Waals surface area contributed by atoms with E-state index in [0.29, 0.717) is 12.0 Å². The van der Waals surface area contributed by atoms with Crippen LogP contribution in [0, 0.1) is 0 Å². The number of ketones is 1. The second kappa shape index (κ2) is 7.24. The van der Waals surface area contributed by atoms with Crippen molar-refractivity contribution in [1.82, 2.24) is 20.1 Å². The first-order chi connectivity index (χ1) is 13.4. The predicted molar refractivity (Wildman–Crippen MR) is 111 cm³/mol. The molecule has 1 aliphatic heterocycles. The monoisotopic (exact) mass is 382 g/mol. The van der Waals surface area contributed by atoms with Gasteiger partial charge in [-0.1, -0.05) is 12.1 Å². The van der Waals surface area contributed by atoms with Crippen molar-refractivity contribution in [2.45, 2.75) is 51.6 Å². The number of carbonyl (C=O) groups is 2. The lowest BCUT2D eigenvalue weighted by Gasteiger charge is -2.46. The summed E-state index contributed by atoms with van der Waals surface area (Å²) in [4.78, 5) is 32.3. The van der Waals surface area contributed by atoms with Crippen molar-refractivity contribution in [3.8, 4) is 0 Å². The highest BCUT2D eigenvalue weighted by Gasteiger charge is 2.41. The number of benzene rings is 1. The normalized spacial score (nSPS) is 24.1. The summed E-state index contributed by atoms with van der Waals surface area (Å²) in [7, 11) is 2.14. The Kier molecular flexibility index (Phi) is 4.91. The SMILES string of the molecule is CCN(CC)C(=O)N[C@H]1CC2c3cccc4[nH]c(C(C)=O)c(c34)C[C@H]2N(C)C1. The van der Waals surface area contributed by atoms with Gasteiger partial charge in [-0.25, -0.2) is 4.79 Å². The van der Waals surface area contributed by atoms with E-state index in [1.54, 1.807) is 6.92 Å². The van der Waals surface area contributed by atoms with Gasteiger partial charge in [0.15, 0.2) is 5.78 Å².